The number of carbonyl (C=O) groups excluding carboxylic acids is 1. The number of H-pyrrole nitrogens is 1. The lowest BCUT2D eigenvalue weighted by atomic mass is 9.93. The Labute approximate surface area is 198 Å². The second kappa shape index (κ2) is 10.1. The number of halogens is 1. The number of aliphatic hydroxyl groups is 1. The van der Waals surface area contributed by atoms with Crippen molar-refractivity contribution in [2.24, 2.45) is 5.92 Å². The molecule has 170 valence electrons. The highest BCUT2D eigenvalue weighted by Gasteiger charge is 2.24. The molecule has 0 saturated carbocycles. The number of fused-ring (bicyclic) bond motifs is 1. The molecule has 0 radical (unpaired) electrons. The molecule has 3 aromatic rings. The molecular weight excluding hydrogens is 496 g/mol. The van der Waals surface area contributed by atoms with Gasteiger partial charge in [0.15, 0.2) is 5.52 Å². The highest BCUT2D eigenvalue weighted by Crippen LogP contribution is 2.35. The molecule has 4 rings (SSSR count). The van der Waals surface area contributed by atoms with Crippen molar-refractivity contribution in [3.8, 4) is 5.75 Å². The van der Waals surface area contributed by atoms with Crippen molar-refractivity contribution in [3.05, 3.63) is 29.0 Å². The first-order valence-electron chi connectivity index (χ1n) is 10.4. The number of methoxy groups -OCH3 is 1. The Kier molecular flexibility index (Phi) is 7.17. The van der Waals surface area contributed by atoms with Crippen LogP contribution >= 0.6 is 27.7 Å². The Balaban J connectivity index is 1.47. The number of nitrogens with two attached hydrogens (primary N) is 1. The van der Waals surface area contributed by atoms with Crippen LogP contribution in [-0.2, 0) is 11.3 Å². The maximum atomic E-state index is 11.6. The topological polar surface area (TPSA) is 121 Å². The van der Waals surface area contributed by atoms with E-state index in [0.29, 0.717) is 24.8 Å². The van der Waals surface area contributed by atoms with Gasteiger partial charge in [-0.1, -0.05) is 9.97 Å². The molecule has 0 atom stereocenters. The van der Waals surface area contributed by atoms with E-state index < -0.39 is 6.61 Å². The van der Waals surface area contributed by atoms with Gasteiger partial charge in [-0.05, 0) is 71.1 Å². The van der Waals surface area contributed by atoms with Crippen LogP contribution in [0.25, 0.3) is 11.2 Å². The predicted octanol–water partition coefficient (Wildman–Crippen LogP) is 2.37. The quantitative estimate of drug-likeness (QED) is 0.408. The Morgan fingerprint density at radius 1 is 1.44 bits per heavy atom. The van der Waals surface area contributed by atoms with Gasteiger partial charge in [0.1, 0.15) is 12.4 Å². The molecule has 11 heteroatoms. The molecule has 0 aliphatic carbocycles. The minimum absolute atomic E-state index is 0.188. The van der Waals surface area contributed by atoms with Gasteiger partial charge in [-0.25, -0.2) is 4.57 Å². The van der Waals surface area contributed by atoms with Gasteiger partial charge < -0.3 is 25.5 Å². The summed E-state index contributed by atoms with van der Waals surface area (Å²) in [4.78, 5) is 26.8. The highest BCUT2D eigenvalue weighted by atomic mass is 79.9. The lowest BCUT2D eigenvalue weighted by Gasteiger charge is -2.31. The van der Waals surface area contributed by atoms with E-state index in [0.717, 1.165) is 57.2 Å². The summed E-state index contributed by atoms with van der Waals surface area (Å²) in [7, 11) is 1.64. The fraction of sp³-hybridized carbons (Fsp3) is 0.429. The number of carbonyl (C=O) groups is 1. The monoisotopic (exact) mass is 521 g/mol. The van der Waals surface area contributed by atoms with Crippen molar-refractivity contribution < 1.29 is 19.2 Å². The number of aromatic nitrogens is 4. The number of hydrogen-bond donors (Lipinski definition) is 3. The van der Waals surface area contributed by atoms with Crippen molar-refractivity contribution in [2.75, 3.05) is 32.5 Å². The number of amides is 1. The minimum Gasteiger partial charge on any atom is -0.497 e. The molecule has 2 aromatic heterocycles. The number of nitrogen functional groups attached to an aromatic ring is 1. The third-order valence-corrected chi connectivity index (χ3v) is 7.65. The van der Waals surface area contributed by atoms with E-state index in [2.05, 4.69) is 25.9 Å². The number of nitrogens with zero attached hydrogens (tertiary/aromatic N) is 4. The number of aryl methyl sites for hydroxylation is 1. The van der Waals surface area contributed by atoms with Gasteiger partial charge in [-0.2, -0.15) is 0 Å². The summed E-state index contributed by atoms with van der Waals surface area (Å²) in [5.41, 5.74) is 7.60. The second-order valence-corrected chi connectivity index (χ2v) is 9.62. The van der Waals surface area contributed by atoms with Crippen LogP contribution in [0.3, 0.4) is 0 Å². The lowest BCUT2D eigenvalue weighted by Crippen LogP contribution is -2.41. The fourth-order valence-corrected chi connectivity index (χ4v) is 5.20. The smallest absolute Gasteiger partial charge is 0.294 e. The van der Waals surface area contributed by atoms with Crippen LogP contribution in [0.4, 0.5) is 5.82 Å². The Morgan fingerprint density at radius 3 is 2.94 bits per heavy atom. The number of rotatable bonds is 7. The van der Waals surface area contributed by atoms with Crippen molar-refractivity contribution in [1.82, 2.24) is 19.9 Å². The van der Waals surface area contributed by atoms with Gasteiger partial charge in [0.2, 0.25) is 23.2 Å². The summed E-state index contributed by atoms with van der Waals surface area (Å²) >= 11 is 5.07. The number of aliphatic hydroxyl groups excluding tert-OH is 1. The van der Waals surface area contributed by atoms with Crippen LogP contribution in [0.15, 0.2) is 39.1 Å². The van der Waals surface area contributed by atoms with Crippen LogP contribution in [-0.4, -0.2) is 57.7 Å². The van der Waals surface area contributed by atoms with Gasteiger partial charge in [0.25, 0.3) is 5.65 Å². The fourth-order valence-electron chi connectivity index (χ4n) is 3.88. The molecule has 1 fully saturated rings. The zero-order chi connectivity index (χ0) is 22.7. The molecule has 1 aliphatic heterocycles. The summed E-state index contributed by atoms with van der Waals surface area (Å²) in [6.45, 7) is 1.74. The van der Waals surface area contributed by atoms with Gasteiger partial charge >= 0.3 is 0 Å². The van der Waals surface area contributed by atoms with Crippen LogP contribution in [0.2, 0.25) is 0 Å². The summed E-state index contributed by atoms with van der Waals surface area (Å²) in [5.74, 6) is 1.51. The molecule has 4 N–H and O–H groups in total. The Bertz CT molecular complexity index is 1120. The third kappa shape index (κ3) is 5.00. The first kappa shape index (κ1) is 22.8. The number of likely N-dealkylation sites (tertiary alicyclic amines) is 1. The van der Waals surface area contributed by atoms with Gasteiger partial charge in [0, 0.05) is 22.5 Å². The van der Waals surface area contributed by atoms with Crippen molar-refractivity contribution in [3.63, 3.8) is 0 Å². The second-order valence-electron chi connectivity index (χ2n) is 7.73. The number of piperidine rings is 1. The van der Waals surface area contributed by atoms with Crippen LogP contribution in [0.1, 0.15) is 19.3 Å². The van der Waals surface area contributed by atoms with E-state index in [4.69, 9.17) is 20.6 Å². The van der Waals surface area contributed by atoms with E-state index >= 15 is 0 Å². The number of benzene rings is 1. The van der Waals surface area contributed by atoms with Crippen LogP contribution in [0, 0.1) is 5.92 Å². The number of ether oxygens (including phenoxy) is 1. The lowest BCUT2D eigenvalue weighted by molar-refractivity contribution is -0.677. The van der Waals surface area contributed by atoms with E-state index in [1.165, 1.54) is 11.8 Å². The SMILES string of the molecule is COc1ccc(Br)c(Sc2nc3c([nH]2)c(N)nc[n+]3CCC2CCN(C(=O)CO)CC2)c1. The zero-order valence-corrected chi connectivity index (χ0v) is 20.2. The normalized spacial score (nSPS) is 14.8. The largest absolute Gasteiger partial charge is 0.497 e. The Morgan fingerprint density at radius 2 is 2.22 bits per heavy atom. The summed E-state index contributed by atoms with van der Waals surface area (Å²) < 4.78 is 8.31. The van der Waals surface area contributed by atoms with E-state index in [1.807, 2.05) is 22.8 Å². The average molecular weight is 522 g/mol. The molecule has 1 aliphatic rings. The zero-order valence-electron chi connectivity index (χ0n) is 17.8. The van der Waals surface area contributed by atoms with Crippen molar-refractivity contribution in [1.29, 1.82) is 0 Å². The predicted molar refractivity (Wildman–Crippen MR) is 124 cm³/mol. The Hall–Kier alpha value is -2.37. The first-order valence-corrected chi connectivity index (χ1v) is 12.0. The van der Waals surface area contributed by atoms with Crippen molar-refractivity contribution in [2.45, 2.75) is 35.9 Å². The molecule has 0 unspecified atom stereocenters. The summed E-state index contributed by atoms with van der Waals surface area (Å²) in [5, 5.41) is 9.75. The van der Waals surface area contributed by atoms with Crippen LogP contribution < -0.4 is 15.0 Å². The number of imidazole rings is 1. The molecule has 1 saturated heterocycles. The highest BCUT2D eigenvalue weighted by molar-refractivity contribution is 9.10. The molecule has 0 bridgehead atoms. The molecule has 3 heterocycles. The third-order valence-electron chi connectivity index (χ3n) is 5.75. The van der Waals surface area contributed by atoms with Crippen LogP contribution in [0.5, 0.6) is 5.75 Å². The molecule has 1 amide bonds. The molecular formula is C21H26BrN6O3S+. The molecule has 1 aromatic carbocycles. The molecule has 32 heavy (non-hydrogen) atoms. The van der Waals surface area contributed by atoms with Gasteiger partial charge in [-0.15, -0.1) is 0 Å². The van der Waals surface area contributed by atoms with E-state index in [9.17, 15) is 4.79 Å². The average Bonchev–Trinajstić information content (AvgIpc) is 3.24. The van der Waals surface area contributed by atoms with E-state index in [-0.39, 0.29) is 5.91 Å². The summed E-state index contributed by atoms with van der Waals surface area (Å²) in [6.07, 6.45) is 4.56. The number of anilines is 1. The van der Waals surface area contributed by atoms with Gasteiger partial charge in [0.05, 0.1) is 13.7 Å². The van der Waals surface area contributed by atoms with Crippen molar-refractivity contribution >= 4 is 50.6 Å². The summed E-state index contributed by atoms with van der Waals surface area (Å²) in [6, 6.07) is 5.79. The number of aromatic amines is 1. The molecule has 9 nitrogen and oxygen atoms in total. The minimum atomic E-state index is -0.415. The van der Waals surface area contributed by atoms with E-state index in [1.54, 1.807) is 18.3 Å². The maximum Gasteiger partial charge on any atom is 0.294 e. The standard InChI is InChI=1S/C21H25BrN6O3S/c1-31-14-2-3-15(22)16(10-14)32-21-25-18-19(23)24-12-28(20(18)26-21)9-6-13-4-7-27(8-5-13)17(30)11-29/h2-3,10,12-13,29H,4-9,11H2,1H3,(H2,23,25,26)/p+1. The van der Waals surface area contributed by atoms with Gasteiger partial charge in [-0.3, -0.25) is 4.79 Å². The first-order chi connectivity index (χ1) is 15.5. The number of nitrogens with one attached hydrogen (secondary N) is 1. The number of hydrogen-bond acceptors (Lipinski definition) is 7. The molecule has 0 spiro atoms. The maximum absolute atomic E-state index is 11.6.